The van der Waals surface area contributed by atoms with E-state index in [2.05, 4.69) is 16.3 Å². The lowest BCUT2D eigenvalue weighted by Gasteiger charge is -2.08. The summed E-state index contributed by atoms with van der Waals surface area (Å²) in [6.07, 6.45) is -3.71. The highest BCUT2D eigenvalue weighted by Gasteiger charge is 2.30. The fourth-order valence-electron chi connectivity index (χ4n) is 3.37. The molecule has 188 valence electrons. The Morgan fingerprint density at radius 3 is 2.44 bits per heavy atom. The second-order valence-electron chi connectivity index (χ2n) is 8.11. The largest absolute Gasteiger partial charge is 0.416 e. The van der Waals surface area contributed by atoms with Crippen molar-refractivity contribution in [2.45, 2.75) is 44.0 Å². The number of halogens is 3. The molecule has 0 N–H and O–H groups in total. The van der Waals surface area contributed by atoms with Gasteiger partial charge in [-0.05, 0) is 66.8 Å². The first kappa shape index (κ1) is 26.2. The van der Waals surface area contributed by atoms with E-state index in [0.717, 1.165) is 33.2 Å². The molecule has 0 aliphatic carbocycles. The molecule has 0 aliphatic heterocycles. The number of carbonyl (C=O) groups is 1. The monoisotopic (exact) mass is 549 g/mol. The van der Waals surface area contributed by atoms with Crippen molar-refractivity contribution in [3.05, 3.63) is 86.0 Å². The lowest BCUT2D eigenvalue weighted by molar-refractivity contribution is -0.211. The summed E-state index contributed by atoms with van der Waals surface area (Å²) in [6, 6.07) is 12.8. The van der Waals surface area contributed by atoms with Crippen LogP contribution in [0, 0.1) is 13.8 Å². The second-order valence-corrected chi connectivity index (χ2v) is 11.2. The Labute approximate surface area is 219 Å². The van der Waals surface area contributed by atoms with E-state index in [1.807, 2.05) is 26.0 Å². The van der Waals surface area contributed by atoms with Crippen molar-refractivity contribution in [2.24, 2.45) is 0 Å². The summed E-state index contributed by atoms with van der Waals surface area (Å²) in [6.45, 7) is 5.17. The topological polar surface area (TPSA) is 48.4 Å². The highest BCUT2D eigenvalue weighted by molar-refractivity contribution is 7.98. The van der Waals surface area contributed by atoms with E-state index in [0.29, 0.717) is 28.5 Å². The lowest BCUT2D eigenvalue weighted by Crippen LogP contribution is -2.03. The first-order chi connectivity index (χ1) is 17.1. The van der Waals surface area contributed by atoms with Crippen LogP contribution in [0.15, 0.2) is 58.8 Å². The molecule has 4 nitrogen and oxygen atoms in total. The minimum absolute atomic E-state index is 0.464. The molecule has 0 atom stereocenters. The van der Waals surface area contributed by atoms with Gasteiger partial charge in [-0.1, -0.05) is 12.1 Å². The van der Waals surface area contributed by atoms with Gasteiger partial charge in [-0.15, -0.1) is 34.4 Å². The molecule has 36 heavy (non-hydrogen) atoms. The zero-order chi connectivity index (χ0) is 25.9. The van der Waals surface area contributed by atoms with Gasteiger partial charge >= 0.3 is 12.1 Å². The maximum absolute atomic E-state index is 13.0. The molecule has 0 spiro atoms. The Bertz CT molecular complexity index is 1360. The standard InChI is InChI=1S/C26H22F3NO3S3/c1-15-10-21(34-13-15)12-22-24(14-35-20-8-9-23(16(2)11-20)33-32-17(3)31)36-25(30-22)18-4-6-19(7-5-18)26(27,28)29/h4-11,13H,12,14H2,1-3H3. The molecule has 0 bridgehead atoms. The Balaban J connectivity index is 1.56. The summed E-state index contributed by atoms with van der Waals surface area (Å²) in [5.74, 6) is 0.586. The number of thiophene rings is 1. The maximum atomic E-state index is 13.0. The van der Waals surface area contributed by atoms with E-state index >= 15 is 0 Å². The van der Waals surface area contributed by atoms with Crippen LogP contribution >= 0.6 is 34.4 Å². The van der Waals surface area contributed by atoms with Crippen molar-refractivity contribution in [3.8, 4) is 16.3 Å². The molecule has 4 rings (SSSR count). The number of nitrogens with zero attached hydrogens (tertiary/aromatic N) is 1. The SMILES string of the molecule is CC(=O)OOc1ccc(SCc2sc(-c3ccc(C(F)(F)F)cc3)nc2Cc2cc(C)cs2)cc1C. The summed E-state index contributed by atoms with van der Waals surface area (Å²) in [5.41, 5.74) is 2.93. The third-order valence-electron chi connectivity index (χ3n) is 5.13. The third kappa shape index (κ3) is 6.68. The van der Waals surface area contributed by atoms with Crippen LogP contribution in [0.4, 0.5) is 13.2 Å². The fourth-order valence-corrected chi connectivity index (χ4v) is 6.42. The smallest absolute Gasteiger partial charge is 0.287 e. The van der Waals surface area contributed by atoms with Gasteiger partial charge < -0.3 is 0 Å². The molecule has 0 unspecified atom stereocenters. The zero-order valence-corrected chi connectivity index (χ0v) is 22.1. The molecule has 0 fully saturated rings. The third-order valence-corrected chi connectivity index (χ3v) is 8.53. The molecule has 0 saturated carbocycles. The number of thiazole rings is 1. The first-order valence-electron chi connectivity index (χ1n) is 10.9. The summed E-state index contributed by atoms with van der Waals surface area (Å²) >= 11 is 4.80. The van der Waals surface area contributed by atoms with Crippen molar-refractivity contribution in [2.75, 3.05) is 0 Å². The lowest BCUT2D eigenvalue weighted by atomic mass is 10.1. The summed E-state index contributed by atoms with van der Waals surface area (Å²) in [5, 5.41) is 2.79. The van der Waals surface area contributed by atoms with Crippen LogP contribution in [0.3, 0.4) is 0 Å². The normalized spacial score (nSPS) is 11.5. The number of aromatic nitrogens is 1. The van der Waals surface area contributed by atoms with Crippen LogP contribution < -0.4 is 4.89 Å². The highest BCUT2D eigenvalue weighted by Crippen LogP contribution is 2.37. The minimum Gasteiger partial charge on any atom is -0.287 e. The Kier molecular flexibility index (Phi) is 8.07. The van der Waals surface area contributed by atoms with Crippen molar-refractivity contribution in [1.82, 2.24) is 4.98 Å². The van der Waals surface area contributed by atoms with Crippen molar-refractivity contribution < 1.29 is 27.7 Å². The molecular formula is C26H22F3NO3S3. The van der Waals surface area contributed by atoms with Crippen LogP contribution in [-0.4, -0.2) is 11.0 Å². The first-order valence-corrected chi connectivity index (χ1v) is 13.6. The predicted octanol–water partition coefficient (Wildman–Crippen LogP) is 8.25. The number of hydrogen-bond acceptors (Lipinski definition) is 7. The predicted molar refractivity (Wildman–Crippen MR) is 138 cm³/mol. The van der Waals surface area contributed by atoms with E-state index in [1.165, 1.54) is 40.8 Å². The Hall–Kier alpha value is -2.82. The quantitative estimate of drug-likeness (QED) is 0.126. The van der Waals surface area contributed by atoms with Gasteiger partial charge in [0.25, 0.3) is 0 Å². The molecule has 0 radical (unpaired) electrons. The van der Waals surface area contributed by atoms with E-state index in [-0.39, 0.29) is 0 Å². The van der Waals surface area contributed by atoms with Gasteiger partial charge in [-0.2, -0.15) is 13.2 Å². The van der Waals surface area contributed by atoms with Crippen LogP contribution in [-0.2, 0) is 28.0 Å². The van der Waals surface area contributed by atoms with E-state index < -0.39 is 17.7 Å². The molecule has 0 aliphatic rings. The summed E-state index contributed by atoms with van der Waals surface area (Å²) in [7, 11) is 0. The molecular weight excluding hydrogens is 527 g/mol. The van der Waals surface area contributed by atoms with E-state index in [4.69, 9.17) is 9.87 Å². The molecule has 2 aromatic heterocycles. The highest BCUT2D eigenvalue weighted by atomic mass is 32.2. The van der Waals surface area contributed by atoms with Crippen molar-refractivity contribution in [3.63, 3.8) is 0 Å². The second kappa shape index (κ2) is 11.1. The van der Waals surface area contributed by atoms with Crippen molar-refractivity contribution >= 4 is 40.4 Å². The number of benzene rings is 2. The van der Waals surface area contributed by atoms with Gasteiger partial charge in [-0.3, -0.25) is 9.78 Å². The van der Waals surface area contributed by atoms with Gasteiger partial charge in [0, 0.05) is 39.3 Å². The average molecular weight is 550 g/mol. The number of alkyl halides is 3. The van der Waals surface area contributed by atoms with E-state index in [1.54, 1.807) is 29.2 Å². The van der Waals surface area contributed by atoms with Crippen molar-refractivity contribution in [1.29, 1.82) is 0 Å². The van der Waals surface area contributed by atoms with Crippen LogP contribution in [0.1, 0.15) is 39.1 Å². The van der Waals surface area contributed by atoms with E-state index in [9.17, 15) is 18.0 Å². The van der Waals surface area contributed by atoms with Gasteiger partial charge in [-0.25, -0.2) is 9.78 Å². The summed E-state index contributed by atoms with van der Waals surface area (Å²) < 4.78 is 39.0. The zero-order valence-electron chi connectivity index (χ0n) is 19.6. The van der Waals surface area contributed by atoms with Gasteiger partial charge in [0.05, 0.1) is 11.3 Å². The Morgan fingerprint density at radius 2 is 1.83 bits per heavy atom. The molecule has 4 aromatic rings. The molecule has 0 saturated heterocycles. The van der Waals surface area contributed by atoms with Crippen LogP contribution in [0.2, 0.25) is 0 Å². The minimum atomic E-state index is -4.37. The molecule has 2 heterocycles. The number of thioether (sulfide) groups is 1. The Morgan fingerprint density at radius 1 is 1.08 bits per heavy atom. The van der Waals surface area contributed by atoms with Crippen LogP contribution in [0.5, 0.6) is 5.75 Å². The van der Waals surface area contributed by atoms with Gasteiger partial charge in [0.15, 0.2) is 5.75 Å². The maximum Gasteiger partial charge on any atom is 0.416 e. The fraction of sp³-hybridized carbons (Fsp3) is 0.231. The molecule has 0 amide bonds. The number of hydrogen-bond donors (Lipinski definition) is 0. The summed E-state index contributed by atoms with van der Waals surface area (Å²) in [4.78, 5) is 28.7. The number of carbonyl (C=O) groups excluding carboxylic acids is 1. The van der Waals surface area contributed by atoms with Gasteiger partial charge in [0.2, 0.25) is 0 Å². The number of aryl methyl sites for hydroxylation is 2. The number of rotatable bonds is 8. The molecule has 10 heteroatoms. The average Bonchev–Trinajstić information content (AvgIpc) is 3.42. The van der Waals surface area contributed by atoms with Gasteiger partial charge in [0.1, 0.15) is 5.01 Å². The molecule has 2 aromatic carbocycles. The van der Waals surface area contributed by atoms with Crippen LogP contribution in [0.25, 0.3) is 10.6 Å².